The van der Waals surface area contributed by atoms with Gasteiger partial charge in [0.25, 0.3) is 0 Å². The Bertz CT molecular complexity index is 505. The minimum atomic E-state index is -2.59. The summed E-state index contributed by atoms with van der Waals surface area (Å²) in [6.45, 7) is 0.905. The summed E-state index contributed by atoms with van der Waals surface area (Å²) in [5.41, 5.74) is 1.44. The van der Waals surface area contributed by atoms with Gasteiger partial charge in [0.05, 0.1) is 10.8 Å². The van der Waals surface area contributed by atoms with Gasteiger partial charge in [0.2, 0.25) is 0 Å². The standard InChI is InChI=1S/C11H15NO3S/c1-7-5-9(15-11(13)12-3)6-8(2)10(7)16(4)14/h5-6H,1-4H3,(H,12,13)/i3D3. The predicted molar refractivity (Wildman–Crippen MR) is 63.3 cm³/mol. The van der Waals surface area contributed by atoms with Gasteiger partial charge >= 0.3 is 6.09 Å². The molecule has 16 heavy (non-hydrogen) atoms. The van der Waals surface area contributed by atoms with E-state index in [4.69, 9.17) is 8.85 Å². The minimum Gasteiger partial charge on any atom is -0.410 e. The Kier molecular flexibility index (Phi) is 2.80. The quantitative estimate of drug-likeness (QED) is 0.862. The summed E-state index contributed by atoms with van der Waals surface area (Å²) in [7, 11) is -1.14. The van der Waals surface area contributed by atoms with Crippen molar-refractivity contribution in [1.82, 2.24) is 5.32 Å². The molecule has 0 aliphatic carbocycles. The lowest BCUT2D eigenvalue weighted by Crippen LogP contribution is -2.22. The predicted octanol–water partition coefficient (Wildman–Crippen LogP) is 1.76. The first-order valence-corrected chi connectivity index (χ1v) is 6.10. The second-order valence-corrected chi connectivity index (χ2v) is 4.67. The fourth-order valence-electron chi connectivity index (χ4n) is 1.56. The van der Waals surface area contributed by atoms with Crippen molar-refractivity contribution in [2.24, 2.45) is 0 Å². The van der Waals surface area contributed by atoms with Crippen LogP contribution in [-0.2, 0) is 10.8 Å². The number of hydrogen-bond donors (Lipinski definition) is 1. The van der Waals surface area contributed by atoms with E-state index in [0.29, 0.717) is 4.90 Å². The number of rotatable bonds is 2. The van der Waals surface area contributed by atoms with Crippen LogP contribution in [-0.4, -0.2) is 23.5 Å². The lowest BCUT2D eigenvalue weighted by atomic mass is 10.1. The first-order chi connectivity index (χ1) is 8.60. The van der Waals surface area contributed by atoms with Gasteiger partial charge in [0.1, 0.15) is 5.75 Å². The van der Waals surface area contributed by atoms with Crippen LogP contribution < -0.4 is 10.1 Å². The molecule has 1 amide bonds. The van der Waals surface area contributed by atoms with Crippen LogP contribution in [0, 0.1) is 13.8 Å². The van der Waals surface area contributed by atoms with Crippen LogP contribution in [0.15, 0.2) is 17.0 Å². The van der Waals surface area contributed by atoms with Gasteiger partial charge in [0, 0.05) is 22.2 Å². The van der Waals surface area contributed by atoms with Crippen molar-refractivity contribution in [2.75, 3.05) is 13.2 Å². The zero-order valence-electron chi connectivity index (χ0n) is 12.3. The third kappa shape index (κ3) is 2.82. The third-order valence-electron chi connectivity index (χ3n) is 2.03. The van der Waals surface area contributed by atoms with E-state index >= 15 is 0 Å². The van der Waals surface area contributed by atoms with E-state index in [-0.39, 0.29) is 5.75 Å². The second kappa shape index (κ2) is 5.12. The Morgan fingerprint density at radius 2 is 2.00 bits per heavy atom. The molecule has 0 saturated heterocycles. The van der Waals surface area contributed by atoms with E-state index < -0.39 is 23.9 Å². The lowest BCUT2D eigenvalue weighted by molar-refractivity contribution is 0.203. The van der Waals surface area contributed by atoms with Gasteiger partial charge in [-0.25, -0.2) is 4.79 Å². The molecule has 1 rings (SSSR count). The highest BCUT2D eigenvalue weighted by molar-refractivity contribution is 7.84. The molecule has 88 valence electrons. The van der Waals surface area contributed by atoms with Crippen LogP contribution in [0.25, 0.3) is 0 Å². The summed E-state index contributed by atoms with van der Waals surface area (Å²) in [5, 5.41) is 1.72. The van der Waals surface area contributed by atoms with Gasteiger partial charge in [-0.3, -0.25) is 4.21 Å². The maximum atomic E-state index is 11.5. The zero-order valence-corrected chi connectivity index (χ0v) is 10.1. The molecule has 0 fully saturated rings. The van der Waals surface area contributed by atoms with E-state index in [1.807, 2.05) is 0 Å². The number of hydrogen-bond acceptors (Lipinski definition) is 3. The van der Waals surface area contributed by atoms with Gasteiger partial charge in [-0.1, -0.05) is 0 Å². The second-order valence-electron chi connectivity index (χ2n) is 3.35. The largest absolute Gasteiger partial charge is 0.412 e. The molecule has 0 saturated carbocycles. The Labute approximate surface area is 102 Å². The molecule has 0 spiro atoms. The van der Waals surface area contributed by atoms with E-state index in [1.165, 1.54) is 0 Å². The van der Waals surface area contributed by atoms with E-state index in [0.717, 1.165) is 11.1 Å². The average Bonchev–Trinajstić information content (AvgIpc) is 2.10. The van der Waals surface area contributed by atoms with Crippen LogP contribution in [0.2, 0.25) is 0 Å². The summed E-state index contributed by atoms with van der Waals surface area (Å²) in [6, 6.07) is 3.09. The van der Waals surface area contributed by atoms with Crippen LogP contribution in [0.4, 0.5) is 4.79 Å². The van der Waals surface area contributed by atoms with Crippen molar-refractivity contribution in [1.29, 1.82) is 0 Å². The molecule has 1 atom stereocenters. The fraction of sp³-hybridized carbons (Fsp3) is 0.364. The highest BCUT2D eigenvalue weighted by Gasteiger charge is 2.10. The van der Waals surface area contributed by atoms with Crippen molar-refractivity contribution in [3.8, 4) is 5.75 Å². The molecule has 0 aliphatic heterocycles. The summed E-state index contributed by atoms with van der Waals surface area (Å²) >= 11 is 0. The van der Waals surface area contributed by atoms with Crippen molar-refractivity contribution in [2.45, 2.75) is 18.7 Å². The van der Waals surface area contributed by atoms with Crippen LogP contribution in [0.1, 0.15) is 15.2 Å². The van der Waals surface area contributed by atoms with Crippen molar-refractivity contribution in [3.05, 3.63) is 23.3 Å². The number of nitrogens with one attached hydrogen (secondary N) is 1. The lowest BCUT2D eigenvalue weighted by Gasteiger charge is -2.10. The maximum absolute atomic E-state index is 11.5. The number of aryl methyl sites for hydroxylation is 2. The van der Waals surface area contributed by atoms with E-state index in [2.05, 4.69) is 0 Å². The number of ether oxygens (including phenoxy) is 1. The Balaban J connectivity index is 2.93. The van der Waals surface area contributed by atoms with Crippen LogP contribution in [0.3, 0.4) is 0 Å². The molecule has 0 heterocycles. The van der Waals surface area contributed by atoms with E-state index in [9.17, 15) is 9.00 Å². The number of carbonyl (C=O) groups is 1. The van der Waals surface area contributed by atoms with Gasteiger partial charge < -0.3 is 10.1 Å². The first-order valence-electron chi connectivity index (χ1n) is 6.05. The summed E-state index contributed by atoms with van der Waals surface area (Å²) < 4.78 is 37.1. The Morgan fingerprint density at radius 1 is 1.44 bits per heavy atom. The first kappa shape index (κ1) is 8.75. The minimum absolute atomic E-state index is 0.214. The number of amides is 1. The summed E-state index contributed by atoms with van der Waals surface area (Å²) in [4.78, 5) is 12.0. The van der Waals surface area contributed by atoms with Gasteiger partial charge in [-0.15, -0.1) is 0 Å². The van der Waals surface area contributed by atoms with Gasteiger partial charge in [0.15, 0.2) is 0 Å². The van der Waals surface area contributed by atoms with Gasteiger partial charge in [-0.05, 0) is 37.1 Å². The topological polar surface area (TPSA) is 55.4 Å². The molecule has 1 aromatic rings. The van der Waals surface area contributed by atoms with Crippen molar-refractivity contribution < 1.29 is 17.9 Å². The molecular weight excluding hydrogens is 226 g/mol. The molecule has 0 radical (unpaired) electrons. The number of benzene rings is 1. The molecule has 0 aliphatic rings. The smallest absolute Gasteiger partial charge is 0.410 e. The summed E-state index contributed by atoms with van der Waals surface area (Å²) in [5.74, 6) is 0.214. The summed E-state index contributed by atoms with van der Waals surface area (Å²) in [6.07, 6.45) is 0.515. The fourth-order valence-corrected chi connectivity index (χ4v) is 2.58. The highest BCUT2D eigenvalue weighted by Crippen LogP contribution is 2.24. The number of carbonyl (C=O) groups excluding carboxylic acids is 1. The highest BCUT2D eigenvalue weighted by atomic mass is 32.2. The maximum Gasteiger partial charge on any atom is 0.412 e. The van der Waals surface area contributed by atoms with Crippen LogP contribution in [0.5, 0.6) is 5.75 Å². The molecule has 1 N–H and O–H groups in total. The molecule has 1 aromatic carbocycles. The molecule has 4 nitrogen and oxygen atoms in total. The van der Waals surface area contributed by atoms with Gasteiger partial charge in [-0.2, -0.15) is 0 Å². The van der Waals surface area contributed by atoms with E-state index in [1.54, 1.807) is 37.6 Å². The van der Waals surface area contributed by atoms with Crippen LogP contribution >= 0.6 is 0 Å². The zero-order chi connectivity index (χ0) is 14.8. The van der Waals surface area contributed by atoms with Crippen molar-refractivity contribution in [3.63, 3.8) is 0 Å². The molecule has 1 unspecified atom stereocenters. The Morgan fingerprint density at radius 3 is 2.44 bits per heavy atom. The van der Waals surface area contributed by atoms with Crippen molar-refractivity contribution >= 4 is 16.9 Å². The SMILES string of the molecule is [2H]C([2H])([2H])NC(=O)Oc1cc(C)c(S(C)=O)c(C)c1. The third-order valence-corrected chi connectivity index (χ3v) is 3.25. The molecule has 0 bridgehead atoms. The normalized spacial score (nSPS) is 15.6. The average molecular weight is 244 g/mol. The molecular formula is C11H15NO3S. The molecule has 0 aromatic heterocycles. The molecule has 5 heteroatoms. The Hall–Kier alpha value is -1.36. The monoisotopic (exact) mass is 244 g/mol.